The number of amides is 3. The van der Waals surface area contributed by atoms with Crippen LogP contribution in [0.5, 0.6) is 0 Å². The summed E-state index contributed by atoms with van der Waals surface area (Å²) in [5.41, 5.74) is 13.5. The summed E-state index contributed by atoms with van der Waals surface area (Å²) in [6.07, 6.45) is 9.03. The number of anilines is 1. The number of carbonyl (C=O) groups excluding carboxylic acids is 3. The first-order valence-electron chi connectivity index (χ1n) is 18.8. The minimum absolute atomic E-state index is 0. The summed E-state index contributed by atoms with van der Waals surface area (Å²) >= 11 is 0. The standard InChI is InChI=1S/C42H48N8O3.ClH/c1-26-21-31(41(52)46-33-16-19-44-20-17-33)12-14-35(26)29-8-4-27(5-9-29)22-38(50-40(51)30-10-6-28(24-43)7-11-30)42(53)47-34-13-15-36-37(23-34)49-39(48-36)32-3-2-18-45-25-32;/h2-5,8-9,12-15,18,21,23,25,28,30,33,38,44H,6-7,10-11,16-17,19-20,22,24,43H2,1H3,(H,46,52)(H,47,53)(H,48,49)(H,50,51);1H/t28?,30?,38-;/m0./s1. The molecule has 11 nitrogen and oxygen atoms in total. The van der Waals surface area contributed by atoms with Gasteiger partial charge in [-0.3, -0.25) is 19.4 Å². The second-order valence-electron chi connectivity index (χ2n) is 14.5. The maximum absolute atomic E-state index is 13.9. The van der Waals surface area contributed by atoms with Crippen molar-refractivity contribution in [3.05, 3.63) is 102 Å². The van der Waals surface area contributed by atoms with Crippen LogP contribution in [0.3, 0.4) is 0 Å². The Balaban J connectivity index is 0.00000497. The lowest BCUT2D eigenvalue weighted by Gasteiger charge is -2.28. The fourth-order valence-corrected chi connectivity index (χ4v) is 7.54. The number of carbonyl (C=O) groups is 3. The number of pyridine rings is 1. The minimum Gasteiger partial charge on any atom is -0.349 e. The second-order valence-corrected chi connectivity index (χ2v) is 14.5. The van der Waals surface area contributed by atoms with Crippen LogP contribution in [-0.2, 0) is 16.0 Å². The molecule has 0 unspecified atom stereocenters. The lowest BCUT2D eigenvalue weighted by molar-refractivity contribution is -0.130. The van der Waals surface area contributed by atoms with Gasteiger partial charge in [0.2, 0.25) is 11.8 Å². The van der Waals surface area contributed by atoms with Gasteiger partial charge < -0.3 is 32.0 Å². The fourth-order valence-electron chi connectivity index (χ4n) is 7.54. The third-order valence-corrected chi connectivity index (χ3v) is 10.7. The highest BCUT2D eigenvalue weighted by Gasteiger charge is 2.29. The van der Waals surface area contributed by atoms with Gasteiger partial charge in [0.15, 0.2) is 0 Å². The molecule has 7 N–H and O–H groups in total. The van der Waals surface area contributed by atoms with Crippen molar-refractivity contribution in [1.29, 1.82) is 0 Å². The SMILES string of the molecule is Cc1cc(C(=O)NC2CCNCC2)ccc1-c1ccc(C[C@H](NC(=O)C2CCC(CN)CC2)C(=O)Nc2ccc3nc(-c4cccnc4)[nH]c3c2)cc1.Cl. The number of aromatic nitrogens is 3. The summed E-state index contributed by atoms with van der Waals surface area (Å²) in [6.45, 7) is 4.49. The first-order chi connectivity index (χ1) is 25.8. The van der Waals surface area contributed by atoms with Crippen molar-refractivity contribution >= 4 is 46.8 Å². The number of nitrogens with zero attached hydrogens (tertiary/aromatic N) is 2. The van der Waals surface area contributed by atoms with Gasteiger partial charge in [-0.2, -0.15) is 0 Å². The zero-order chi connectivity index (χ0) is 36.7. The van der Waals surface area contributed by atoms with Gasteiger partial charge in [0.25, 0.3) is 5.91 Å². The lowest BCUT2D eigenvalue weighted by Crippen LogP contribution is -2.48. The highest BCUT2D eigenvalue weighted by atomic mass is 35.5. The molecule has 5 aromatic rings. The van der Waals surface area contributed by atoms with Crippen LogP contribution in [0.1, 0.15) is 60.0 Å². The monoisotopic (exact) mass is 748 g/mol. The molecule has 0 radical (unpaired) electrons. The number of fused-ring (bicyclic) bond motifs is 1. The Hall–Kier alpha value is -5.10. The van der Waals surface area contributed by atoms with Gasteiger partial charge in [-0.25, -0.2) is 4.98 Å². The minimum atomic E-state index is -0.788. The number of rotatable bonds is 11. The molecule has 0 bridgehead atoms. The van der Waals surface area contributed by atoms with E-state index in [1.807, 2.05) is 79.7 Å². The van der Waals surface area contributed by atoms with Crippen molar-refractivity contribution in [2.75, 3.05) is 25.0 Å². The maximum Gasteiger partial charge on any atom is 0.251 e. The largest absolute Gasteiger partial charge is 0.349 e. The van der Waals surface area contributed by atoms with Crippen molar-refractivity contribution in [3.63, 3.8) is 0 Å². The molecule has 0 spiro atoms. The number of benzene rings is 3. The van der Waals surface area contributed by atoms with E-state index < -0.39 is 6.04 Å². The van der Waals surface area contributed by atoms with Crippen LogP contribution in [0.25, 0.3) is 33.5 Å². The lowest BCUT2D eigenvalue weighted by atomic mass is 9.81. The van der Waals surface area contributed by atoms with Crippen molar-refractivity contribution in [3.8, 4) is 22.5 Å². The highest BCUT2D eigenvalue weighted by molar-refractivity contribution is 5.99. The quantitative estimate of drug-likeness (QED) is 0.0973. The van der Waals surface area contributed by atoms with Gasteiger partial charge in [-0.1, -0.05) is 30.3 Å². The number of piperidine rings is 1. The number of hydrogen-bond donors (Lipinski definition) is 6. The summed E-state index contributed by atoms with van der Waals surface area (Å²) in [7, 11) is 0. The Bertz CT molecular complexity index is 2060. The molecule has 3 amide bonds. The van der Waals surface area contributed by atoms with Crippen molar-refractivity contribution < 1.29 is 14.4 Å². The summed E-state index contributed by atoms with van der Waals surface area (Å²) in [5, 5.41) is 12.6. The fraction of sp³-hybridized carbons (Fsp3) is 0.357. The Morgan fingerprint density at radius 2 is 1.69 bits per heavy atom. The van der Waals surface area contributed by atoms with Crippen LogP contribution >= 0.6 is 12.4 Å². The topological polar surface area (TPSA) is 167 Å². The van der Waals surface area contributed by atoms with Gasteiger partial charge >= 0.3 is 0 Å². The molecule has 1 saturated heterocycles. The number of imidazole rings is 1. The number of nitrogens with one attached hydrogen (secondary N) is 5. The van der Waals surface area contributed by atoms with Crippen LogP contribution in [0, 0.1) is 18.8 Å². The van der Waals surface area contributed by atoms with Crippen LogP contribution in [0.2, 0.25) is 0 Å². The number of H-pyrrole nitrogens is 1. The van der Waals surface area contributed by atoms with Crippen molar-refractivity contribution in [2.45, 2.75) is 64.0 Å². The molecular weight excluding hydrogens is 700 g/mol. The molecular formula is C42H49ClN8O3. The number of halogens is 1. The number of aryl methyl sites for hydroxylation is 1. The Kier molecular flexibility index (Phi) is 12.7. The molecule has 1 saturated carbocycles. The third kappa shape index (κ3) is 9.33. The molecule has 1 aliphatic carbocycles. The summed E-state index contributed by atoms with van der Waals surface area (Å²) in [6, 6.07) is 22.6. The Morgan fingerprint density at radius 3 is 2.39 bits per heavy atom. The van der Waals surface area contributed by atoms with Gasteiger partial charge in [0.1, 0.15) is 11.9 Å². The average Bonchev–Trinajstić information content (AvgIpc) is 3.62. The van der Waals surface area contributed by atoms with Crippen LogP contribution < -0.4 is 27.0 Å². The van der Waals surface area contributed by atoms with Gasteiger partial charge in [-0.15, -0.1) is 12.4 Å². The molecule has 1 atom stereocenters. The molecule has 7 rings (SSSR count). The molecule has 3 aromatic carbocycles. The van der Waals surface area contributed by atoms with E-state index in [0.717, 1.165) is 90.5 Å². The predicted octanol–water partition coefficient (Wildman–Crippen LogP) is 5.94. The van der Waals surface area contributed by atoms with E-state index in [0.29, 0.717) is 36.0 Å². The van der Waals surface area contributed by atoms with Crippen molar-refractivity contribution in [1.82, 2.24) is 30.9 Å². The van der Waals surface area contributed by atoms with E-state index in [-0.39, 0.29) is 42.1 Å². The predicted molar refractivity (Wildman–Crippen MR) is 215 cm³/mol. The van der Waals surface area contributed by atoms with Gasteiger partial charge in [0.05, 0.1) is 11.0 Å². The molecule has 2 aliphatic rings. The summed E-state index contributed by atoms with van der Waals surface area (Å²) in [5.74, 6) is 0.568. The number of hydrogen-bond acceptors (Lipinski definition) is 7. The van der Waals surface area contributed by atoms with Crippen molar-refractivity contribution in [2.24, 2.45) is 17.6 Å². The van der Waals surface area contributed by atoms with Gasteiger partial charge in [-0.05, 0) is 136 Å². The summed E-state index contributed by atoms with van der Waals surface area (Å²) < 4.78 is 0. The molecule has 12 heteroatoms. The van der Waals surface area contributed by atoms with Crippen LogP contribution in [0.4, 0.5) is 5.69 Å². The van der Waals surface area contributed by atoms with E-state index in [4.69, 9.17) is 5.73 Å². The van der Waals surface area contributed by atoms with Gasteiger partial charge in [0, 0.05) is 47.6 Å². The maximum atomic E-state index is 13.9. The number of nitrogens with two attached hydrogens (primary N) is 1. The Labute approximate surface area is 322 Å². The van der Waals surface area contributed by atoms with Crippen LogP contribution in [-0.4, -0.2) is 64.4 Å². The van der Waals surface area contributed by atoms with E-state index >= 15 is 0 Å². The normalized spacial score (nSPS) is 18.0. The summed E-state index contributed by atoms with van der Waals surface area (Å²) in [4.78, 5) is 52.6. The molecule has 2 aromatic heterocycles. The smallest absolute Gasteiger partial charge is 0.251 e. The molecule has 3 heterocycles. The second kappa shape index (κ2) is 17.8. The third-order valence-electron chi connectivity index (χ3n) is 10.7. The molecule has 2 fully saturated rings. The van der Waals surface area contributed by atoms with E-state index in [1.54, 1.807) is 12.4 Å². The zero-order valence-corrected chi connectivity index (χ0v) is 31.4. The molecule has 282 valence electrons. The van der Waals surface area contributed by atoms with E-state index in [9.17, 15) is 14.4 Å². The highest BCUT2D eigenvalue weighted by Crippen LogP contribution is 2.29. The zero-order valence-electron chi connectivity index (χ0n) is 30.6. The molecule has 1 aliphatic heterocycles. The first kappa shape index (κ1) is 38.6. The van der Waals surface area contributed by atoms with Crippen LogP contribution in [0.15, 0.2) is 85.2 Å². The van der Waals surface area contributed by atoms with E-state index in [1.165, 1.54) is 0 Å². The van der Waals surface area contributed by atoms with E-state index in [2.05, 4.69) is 36.2 Å². The first-order valence-corrected chi connectivity index (χ1v) is 18.8. The molecule has 54 heavy (non-hydrogen) atoms. The number of aromatic amines is 1. The Morgan fingerprint density at radius 1 is 0.907 bits per heavy atom. The average molecular weight is 749 g/mol.